The fourth-order valence-corrected chi connectivity index (χ4v) is 2.41. The maximum absolute atomic E-state index is 11.8. The number of aromatic nitrogens is 2. The molecule has 0 fully saturated rings. The van der Waals surface area contributed by atoms with Gasteiger partial charge in [-0.2, -0.15) is 0 Å². The molecule has 0 saturated heterocycles. The van der Waals surface area contributed by atoms with Crippen molar-refractivity contribution < 1.29 is 9.53 Å². The largest absolute Gasteiger partial charge is 0.444 e. The van der Waals surface area contributed by atoms with Crippen molar-refractivity contribution in [3.63, 3.8) is 0 Å². The highest BCUT2D eigenvalue weighted by Crippen LogP contribution is 2.28. The molecule has 5 nitrogen and oxygen atoms in total. The summed E-state index contributed by atoms with van der Waals surface area (Å²) in [6.07, 6.45) is 4.84. The number of nitrogens with zero attached hydrogens (tertiary/aromatic N) is 2. The van der Waals surface area contributed by atoms with Crippen molar-refractivity contribution in [3.05, 3.63) is 55.0 Å². The Morgan fingerprint density at radius 1 is 1.08 bits per heavy atom. The molecule has 24 heavy (non-hydrogen) atoms. The first-order valence-corrected chi connectivity index (χ1v) is 7.71. The van der Waals surface area contributed by atoms with E-state index in [1.165, 1.54) is 0 Å². The van der Waals surface area contributed by atoms with Gasteiger partial charge in [-0.05, 0) is 49.9 Å². The Labute approximate surface area is 140 Å². The third kappa shape index (κ3) is 3.68. The fraction of sp³-hybridized carbons (Fsp3) is 0.211. The molecular weight excluding hydrogens is 302 g/mol. The number of pyridine rings is 2. The van der Waals surface area contributed by atoms with Gasteiger partial charge in [0, 0.05) is 29.5 Å². The number of nitrogens with one attached hydrogen (secondary N) is 1. The second kappa shape index (κ2) is 6.28. The Morgan fingerprint density at radius 2 is 1.92 bits per heavy atom. The number of fused-ring (bicyclic) bond motifs is 1. The highest BCUT2D eigenvalue weighted by atomic mass is 16.6. The normalized spacial score (nSPS) is 11.3. The van der Waals surface area contributed by atoms with Crippen LogP contribution in [0.2, 0.25) is 0 Å². The van der Waals surface area contributed by atoms with E-state index >= 15 is 0 Å². The first-order valence-electron chi connectivity index (χ1n) is 7.71. The van der Waals surface area contributed by atoms with Crippen molar-refractivity contribution in [2.24, 2.45) is 0 Å². The molecule has 0 saturated carbocycles. The molecule has 1 aromatic carbocycles. The van der Waals surface area contributed by atoms with E-state index in [9.17, 15) is 4.79 Å². The van der Waals surface area contributed by atoms with Crippen LogP contribution in [0.25, 0.3) is 21.9 Å². The topological polar surface area (TPSA) is 64.1 Å². The van der Waals surface area contributed by atoms with Crippen LogP contribution in [0.15, 0.2) is 55.0 Å². The van der Waals surface area contributed by atoms with Gasteiger partial charge in [-0.25, -0.2) is 9.78 Å². The lowest BCUT2D eigenvalue weighted by atomic mass is 10.0. The molecule has 0 radical (unpaired) electrons. The summed E-state index contributed by atoms with van der Waals surface area (Å²) >= 11 is 0. The quantitative estimate of drug-likeness (QED) is 0.746. The molecule has 0 aliphatic rings. The Bertz CT molecular complexity index is 862. The maximum atomic E-state index is 11.8. The van der Waals surface area contributed by atoms with Crippen LogP contribution in [0.3, 0.4) is 0 Å². The molecule has 2 aromatic heterocycles. The van der Waals surface area contributed by atoms with Crippen molar-refractivity contribution in [2.45, 2.75) is 26.4 Å². The van der Waals surface area contributed by atoms with Crippen molar-refractivity contribution in [1.29, 1.82) is 0 Å². The lowest BCUT2D eigenvalue weighted by molar-refractivity contribution is 0.0635. The summed E-state index contributed by atoms with van der Waals surface area (Å²) in [5.74, 6) is 0.454. The zero-order chi connectivity index (χ0) is 17.2. The van der Waals surface area contributed by atoms with Gasteiger partial charge in [0.2, 0.25) is 0 Å². The lowest BCUT2D eigenvalue weighted by Crippen LogP contribution is -2.27. The van der Waals surface area contributed by atoms with Gasteiger partial charge in [-0.1, -0.05) is 18.2 Å². The van der Waals surface area contributed by atoms with E-state index in [4.69, 9.17) is 4.74 Å². The molecule has 1 amide bonds. The summed E-state index contributed by atoms with van der Waals surface area (Å²) in [7, 11) is 0. The van der Waals surface area contributed by atoms with Crippen molar-refractivity contribution in [2.75, 3.05) is 5.32 Å². The third-order valence-corrected chi connectivity index (χ3v) is 3.38. The Hall–Kier alpha value is -2.95. The van der Waals surface area contributed by atoms with Crippen molar-refractivity contribution in [1.82, 2.24) is 9.97 Å². The van der Waals surface area contributed by atoms with Gasteiger partial charge < -0.3 is 4.74 Å². The molecule has 0 bridgehead atoms. The molecule has 5 heteroatoms. The average Bonchev–Trinajstić information content (AvgIpc) is 2.53. The zero-order valence-corrected chi connectivity index (χ0v) is 13.9. The number of rotatable bonds is 2. The maximum Gasteiger partial charge on any atom is 0.413 e. The highest BCUT2D eigenvalue weighted by molar-refractivity contribution is 5.96. The van der Waals surface area contributed by atoms with Crippen LogP contribution in [-0.4, -0.2) is 21.7 Å². The average molecular weight is 321 g/mol. The molecule has 2 heterocycles. The minimum Gasteiger partial charge on any atom is -0.444 e. The van der Waals surface area contributed by atoms with Crippen molar-refractivity contribution in [3.8, 4) is 11.1 Å². The van der Waals surface area contributed by atoms with E-state index in [0.29, 0.717) is 5.82 Å². The molecule has 0 unspecified atom stereocenters. The SMILES string of the molecule is CC(C)(C)OC(=O)Nc1ccc(-c2cccc3cnccc23)cn1. The monoisotopic (exact) mass is 321 g/mol. The third-order valence-electron chi connectivity index (χ3n) is 3.38. The van der Waals surface area contributed by atoms with Crippen molar-refractivity contribution >= 4 is 22.7 Å². The predicted molar refractivity (Wildman–Crippen MR) is 94.8 cm³/mol. The minimum atomic E-state index is -0.541. The molecule has 0 atom stereocenters. The van der Waals surface area contributed by atoms with Gasteiger partial charge in [-0.3, -0.25) is 10.3 Å². The van der Waals surface area contributed by atoms with Crippen LogP contribution in [0.5, 0.6) is 0 Å². The summed E-state index contributed by atoms with van der Waals surface area (Å²) in [5, 5.41) is 4.82. The van der Waals surface area contributed by atoms with E-state index in [-0.39, 0.29) is 0 Å². The minimum absolute atomic E-state index is 0.454. The highest BCUT2D eigenvalue weighted by Gasteiger charge is 2.16. The predicted octanol–water partition coefficient (Wildman–Crippen LogP) is 4.64. The number of hydrogen-bond acceptors (Lipinski definition) is 4. The summed E-state index contributed by atoms with van der Waals surface area (Å²) < 4.78 is 5.22. The molecular formula is C19H19N3O2. The first kappa shape index (κ1) is 15.9. The lowest BCUT2D eigenvalue weighted by Gasteiger charge is -2.19. The van der Waals surface area contributed by atoms with Gasteiger partial charge >= 0.3 is 6.09 Å². The second-order valence-electron chi connectivity index (χ2n) is 6.46. The number of benzene rings is 1. The number of anilines is 1. The second-order valence-corrected chi connectivity index (χ2v) is 6.46. The molecule has 0 aliphatic carbocycles. The van der Waals surface area contributed by atoms with Crippen LogP contribution in [0.1, 0.15) is 20.8 Å². The molecule has 1 N–H and O–H groups in total. The summed E-state index contributed by atoms with van der Waals surface area (Å²) in [4.78, 5) is 20.2. The first-order chi connectivity index (χ1) is 11.4. The van der Waals surface area contributed by atoms with Gasteiger partial charge in [-0.15, -0.1) is 0 Å². The number of ether oxygens (including phenoxy) is 1. The summed E-state index contributed by atoms with van der Waals surface area (Å²) in [6, 6.07) is 11.7. The van der Waals surface area contributed by atoms with Crippen LogP contribution >= 0.6 is 0 Å². The van der Waals surface area contributed by atoms with E-state index in [2.05, 4.69) is 15.3 Å². The number of carbonyl (C=O) groups is 1. The van der Waals surface area contributed by atoms with Gasteiger partial charge in [0.15, 0.2) is 0 Å². The van der Waals surface area contributed by atoms with Gasteiger partial charge in [0.1, 0.15) is 11.4 Å². The molecule has 122 valence electrons. The van der Waals surface area contributed by atoms with Crippen LogP contribution in [0.4, 0.5) is 10.6 Å². The Balaban J connectivity index is 1.83. The van der Waals surface area contributed by atoms with Crippen LogP contribution < -0.4 is 5.32 Å². The van der Waals surface area contributed by atoms with E-state index < -0.39 is 11.7 Å². The zero-order valence-electron chi connectivity index (χ0n) is 13.9. The fourth-order valence-electron chi connectivity index (χ4n) is 2.41. The number of amides is 1. The molecule has 3 aromatic rings. The standard InChI is InChI=1S/C19H19N3O2/c1-19(2,3)24-18(23)22-17-8-7-14(12-21-17)15-6-4-5-13-11-20-10-9-16(13)15/h4-12H,1-3H3,(H,21,22,23). The molecule has 0 spiro atoms. The van der Waals surface area contributed by atoms with Crippen LogP contribution in [0, 0.1) is 0 Å². The summed E-state index contributed by atoms with van der Waals surface area (Å²) in [6.45, 7) is 5.45. The summed E-state index contributed by atoms with van der Waals surface area (Å²) in [5.41, 5.74) is 1.51. The van der Waals surface area contributed by atoms with E-state index in [0.717, 1.165) is 21.9 Å². The molecule has 0 aliphatic heterocycles. The van der Waals surface area contributed by atoms with Gasteiger partial charge in [0.25, 0.3) is 0 Å². The number of hydrogen-bond donors (Lipinski definition) is 1. The smallest absolute Gasteiger partial charge is 0.413 e. The van der Waals surface area contributed by atoms with Crippen LogP contribution in [-0.2, 0) is 4.74 Å². The van der Waals surface area contributed by atoms with Gasteiger partial charge in [0.05, 0.1) is 0 Å². The Kier molecular flexibility index (Phi) is 4.16. The molecule has 3 rings (SSSR count). The Morgan fingerprint density at radius 3 is 2.62 bits per heavy atom. The van der Waals surface area contributed by atoms with E-state index in [1.807, 2.05) is 57.3 Å². The van der Waals surface area contributed by atoms with E-state index in [1.54, 1.807) is 18.5 Å². The number of carbonyl (C=O) groups excluding carboxylic acids is 1.